The summed E-state index contributed by atoms with van der Waals surface area (Å²) in [7, 11) is 3.39. The SMILES string of the molecule is COc1ccc(CN(CCc2ccccc2)Cc2ccccc2)c(OC)c1. The van der Waals surface area contributed by atoms with E-state index in [4.69, 9.17) is 9.47 Å². The summed E-state index contributed by atoms with van der Waals surface area (Å²) < 4.78 is 10.9. The standard InChI is InChI=1S/C24H27NO2/c1-26-23-14-13-22(24(17-23)27-2)19-25(18-21-11-7-4-8-12-21)16-15-20-9-5-3-6-10-20/h3-14,17H,15-16,18-19H2,1-2H3. The van der Waals surface area contributed by atoms with Gasteiger partial charge in [0.1, 0.15) is 11.5 Å². The first-order chi connectivity index (χ1) is 13.3. The van der Waals surface area contributed by atoms with Crippen LogP contribution in [-0.4, -0.2) is 25.7 Å². The largest absolute Gasteiger partial charge is 0.497 e. The lowest BCUT2D eigenvalue weighted by Gasteiger charge is -2.24. The molecule has 0 unspecified atom stereocenters. The van der Waals surface area contributed by atoms with Crippen molar-refractivity contribution in [1.29, 1.82) is 0 Å². The number of nitrogens with zero attached hydrogens (tertiary/aromatic N) is 1. The second kappa shape index (κ2) is 9.79. The molecule has 0 aliphatic carbocycles. The number of benzene rings is 3. The molecule has 0 aromatic heterocycles. The fourth-order valence-electron chi connectivity index (χ4n) is 3.21. The molecule has 0 saturated heterocycles. The maximum atomic E-state index is 5.60. The zero-order chi connectivity index (χ0) is 18.9. The number of ether oxygens (including phenoxy) is 2. The molecule has 0 spiro atoms. The second-order valence-electron chi connectivity index (χ2n) is 6.61. The van der Waals surface area contributed by atoms with Crippen LogP contribution >= 0.6 is 0 Å². The fraction of sp³-hybridized carbons (Fsp3) is 0.250. The first kappa shape index (κ1) is 19.0. The Morgan fingerprint density at radius 2 is 1.37 bits per heavy atom. The molecule has 0 aliphatic heterocycles. The van der Waals surface area contributed by atoms with Crippen molar-refractivity contribution in [3.63, 3.8) is 0 Å². The highest BCUT2D eigenvalue weighted by Crippen LogP contribution is 2.26. The van der Waals surface area contributed by atoms with E-state index in [0.29, 0.717) is 0 Å². The van der Waals surface area contributed by atoms with E-state index in [1.807, 2.05) is 12.1 Å². The van der Waals surface area contributed by atoms with Gasteiger partial charge in [0, 0.05) is 31.3 Å². The minimum absolute atomic E-state index is 0.814. The molecule has 0 atom stereocenters. The van der Waals surface area contributed by atoms with E-state index in [-0.39, 0.29) is 0 Å². The molecule has 0 aliphatic rings. The molecule has 0 heterocycles. The third-order valence-electron chi connectivity index (χ3n) is 4.70. The zero-order valence-corrected chi connectivity index (χ0v) is 16.1. The highest BCUT2D eigenvalue weighted by molar-refractivity contribution is 5.40. The van der Waals surface area contributed by atoms with Crippen molar-refractivity contribution in [2.45, 2.75) is 19.5 Å². The fourth-order valence-corrected chi connectivity index (χ4v) is 3.21. The molecule has 3 heteroatoms. The molecule has 27 heavy (non-hydrogen) atoms. The van der Waals surface area contributed by atoms with Crippen molar-refractivity contribution in [3.8, 4) is 11.5 Å². The zero-order valence-electron chi connectivity index (χ0n) is 16.1. The summed E-state index contributed by atoms with van der Waals surface area (Å²) in [6.45, 7) is 2.71. The van der Waals surface area contributed by atoms with Gasteiger partial charge in [-0.1, -0.05) is 66.7 Å². The summed E-state index contributed by atoms with van der Waals surface area (Å²) in [5, 5.41) is 0. The molecule has 3 aromatic rings. The van der Waals surface area contributed by atoms with Crippen molar-refractivity contribution >= 4 is 0 Å². The van der Waals surface area contributed by atoms with Gasteiger partial charge in [-0.15, -0.1) is 0 Å². The molecule has 0 N–H and O–H groups in total. The Hall–Kier alpha value is -2.78. The van der Waals surface area contributed by atoms with Crippen LogP contribution in [0.2, 0.25) is 0 Å². The highest BCUT2D eigenvalue weighted by atomic mass is 16.5. The van der Waals surface area contributed by atoms with Crippen molar-refractivity contribution in [1.82, 2.24) is 4.90 Å². The van der Waals surface area contributed by atoms with Gasteiger partial charge in [0.05, 0.1) is 14.2 Å². The van der Waals surface area contributed by atoms with E-state index in [2.05, 4.69) is 71.6 Å². The molecule has 0 saturated carbocycles. The van der Waals surface area contributed by atoms with Crippen molar-refractivity contribution in [3.05, 3.63) is 95.6 Å². The van der Waals surface area contributed by atoms with Crippen LogP contribution in [0.1, 0.15) is 16.7 Å². The summed E-state index contributed by atoms with van der Waals surface area (Å²) >= 11 is 0. The smallest absolute Gasteiger partial charge is 0.127 e. The lowest BCUT2D eigenvalue weighted by molar-refractivity contribution is 0.255. The Morgan fingerprint density at radius 1 is 0.704 bits per heavy atom. The Bertz CT molecular complexity index is 818. The Kier molecular flexibility index (Phi) is 6.89. The molecule has 0 bridgehead atoms. The van der Waals surface area contributed by atoms with Crippen LogP contribution in [0.15, 0.2) is 78.9 Å². The first-order valence-electron chi connectivity index (χ1n) is 9.29. The van der Waals surface area contributed by atoms with Crippen LogP contribution in [0, 0.1) is 0 Å². The summed E-state index contributed by atoms with van der Waals surface area (Å²) in [6, 6.07) is 27.3. The van der Waals surface area contributed by atoms with E-state index < -0.39 is 0 Å². The highest BCUT2D eigenvalue weighted by Gasteiger charge is 2.12. The predicted molar refractivity (Wildman–Crippen MR) is 110 cm³/mol. The van der Waals surface area contributed by atoms with Crippen LogP contribution < -0.4 is 9.47 Å². The van der Waals surface area contributed by atoms with Crippen LogP contribution in [0.4, 0.5) is 0 Å². The average Bonchev–Trinajstić information content (AvgIpc) is 2.73. The third kappa shape index (κ3) is 5.60. The van der Waals surface area contributed by atoms with Crippen LogP contribution in [0.5, 0.6) is 11.5 Å². The van der Waals surface area contributed by atoms with Gasteiger partial charge in [0.15, 0.2) is 0 Å². The molecular weight excluding hydrogens is 334 g/mol. The maximum absolute atomic E-state index is 5.60. The predicted octanol–water partition coefficient (Wildman–Crippen LogP) is 4.95. The van der Waals surface area contributed by atoms with Gasteiger partial charge in [-0.2, -0.15) is 0 Å². The van der Waals surface area contributed by atoms with E-state index >= 15 is 0 Å². The van der Waals surface area contributed by atoms with Crippen molar-refractivity contribution in [2.75, 3.05) is 20.8 Å². The van der Waals surface area contributed by atoms with Crippen molar-refractivity contribution < 1.29 is 9.47 Å². The topological polar surface area (TPSA) is 21.7 Å². The van der Waals surface area contributed by atoms with E-state index in [9.17, 15) is 0 Å². The van der Waals surface area contributed by atoms with Crippen LogP contribution in [-0.2, 0) is 19.5 Å². The van der Waals surface area contributed by atoms with Crippen molar-refractivity contribution in [2.24, 2.45) is 0 Å². The maximum Gasteiger partial charge on any atom is 0.127 e. The van der Waals surface area contributed by atoms with Gasteiger partial charge in [-0.3, -0.25) is 4.90 Å². The number of hydrogen-bond donors (Lipinski definition) is 0. The monoisotopic (exact) mass is 361 g/mol. The molecular formula is C24H27NO2. The molecule has 0 fully saturated rings. The number of methoxy groups -OCH3 is 2. The number of rotatable bonds is 9. The Balaban J connectivity index is 1.76. The summed E-state index contributed by atoms with van der Waals surface area (Å²) in [4.78, 5) is 2.46. The molecule has 3 rings (SSSR count). The Morgan fingerprint density at radius 3 is 2.00 bits per heavy atom. The Labute approximate surface area is 162 Å². The third-order valence-corrected chi connectivity index (χ3v) is 4.70. The second-order valence-corrected chi connectivity index (χ2v) is 6.61. The lowest BCUT2D eigenvalue weighted by atomic mass is 10.1. The van der Waals surface area contributed by atoms with Crippen LogP contribution in [0.25, 0.3) is 0 Å². The lowest BCUT2D eigenvalue weighted by Crippen LogP contribution is -2.25. The summed E-state index contributed by atoms with van der Waals surface area (Å²) in [5.41, 5.74) is 3.84. The van der Waals surface area contributed by atoms with Gasteiger partial charge in [0.2, 0.25) is 0 Å². The minimum Gasteiger partial charge on any atom is -0.497 e. The van der Waals surface area contributed by atoms with Gasteiger partial charge in [-0.05, 0) is 23.6 Å². The molecule has 3 aromatic carbocycles. The molecule has 0 amide bonds. The van der Waals surface area contributed by atoms with E-state index in [1.54, 1.807) is 14.2 Å². The van der Waals surface area contributed by atoms with Gasteiger partial charge >= 0.3 is 0 Å². The minimum atomic E-state index is 0.814. The van der Waals surface area contributed by atoms with Gasteiger partial charge in [0.25, 0.3) is 0 Å². The first-order valence-corrected chi connectivity index (χ1v) is 9.29. The number of hydrogen-bond acceptors (Lipinski definition) is 3. The summed E-state index contributed by atoms with van der Waals surface area (Å²) in [5.74, 6) is 1.68. The molecule has 0 radical (unpaired) electrons. The van der Waals surface area contributed by atoms with E-state index in [0.717, 1.165) is 37.6 Å². The van der Waals surface area contributed by atoms with Gasteiger partial charge in [-0.25, -0.2) is 0 Å². The van der Waals surface area contributed by atoms with E-state index in [1.165, 1.54) is 16.7 Å². The average molecular weight is 361 g/mol. The quantitative estimate of drug-likeness (QED) is 0.538. The molecule has 3 nitrogen and oxygen atoms in total. The summed E-state index contributed by atoms with van der Waals surface area (Å²) in [6.07, 6.45) is 1.02. The van der Waals surface area contributed by atoms with Gasteiger partial charge < -0.3 is 9.47 Å². The molecule has 140 valence electrons. The van der Waals surface area contributed by atoms with Crippen LogP contribution in [0.3, 0.4) is 0 Å². The normalized spacial score (nSPS) is 10.8.